The van der Waals surface area contributed by atoms with E-state index < -0.39 is 0 Å². The molecule has 0 amide bonds. The molecule has 1 atom stereocenters. The van der Waals surface area contributed by atoms with Crippen LogP contribution in [0.4, 0.5) is 0 Å². The number of hydrogen-bond donors (Lipinski definition) is 1. The Morgan fingerprint density at radius 2 is 2.16 bits per heavy atom. The van der Waals surface area contributed by atoms with Crippen LogP contribution in [-0.2, 0) is 4.74 Å². The summed E-state index contributed by atoms with van der Waals surface area (Å²) in [6, 6.07) is 7.42. The summed E-state index contributed by atoms with van der Waals surface area (Å²) < 4.78 is 6.29. The number of Topliss-reactive ketones (excluding diaryl/α,β-unsaturated/α-hetero) is 1. The number of carbonyl (C=O) groups excluding carboxylic acids is 1. The Kier molecular flexibility index (Phi) is 5.51. The van der Waals surface area contributed by atoms with Crippen LogP contribution in [0.5, 0.6) is 0 Å². The SMILES string of the molecule is O=C(CCN1CCOCC1CO)c1ccc(Br)cc1. The van der Waals surface area contributed by atoms with Gasteiger partial charge in [0.15, 0.2) is 5.78 Å². The van der Waals surface area contributed by atoms with Gasteiger partial charge in [-0.25, -0.2) is 0 Å². The maximum Gasteiger partial charge on any atom is 0.164 e. The van der Waals surface area contributed by atoms with Gasteiger partial charge in [0, 0.05) is 29.5 Å². The molecule has 0 spiro atoms. The highest BCUT2D eigenvalue weighted by atomic mass is 79.9. The van der Waals surface area contributed by atoms with Crippen molar-refractivity contribution in [3.63, 3.8) is 0 Å². The molecule has 1 aliphatic heterocycles. The molecule has 104 valence electrons. The minimum Gasteiger partial charge on any atom is -0.395 e. The maximum atomic E-state index is 12.1. The first kappa shape index (κ1) is 14.7. The van der Waals surface area contributed by atoms with Gasteiger partial charge in [0.2, 0.25) is 0 Å². The molecule has 1 N–H and O–H groups in total. The van der Waals surface area contributed by atoms with E-state index in [4.69, 9.17) is 4.74 Å². The summed E-state index contributed by atoms with van der Waals surface area (Å²) in [6.07, 6.45) is 0.470. The van der Waals surface area contributed by atoms with E-state index >= 15 is 0 Å². The van der Waals surface area contributed by atoms with Gasteiger partial charge in [-0.2, -0.15) is 0 Å². The van der Waals surface area contributed by atoms with Crippen molar-refractivity contribution in [2.24, 2.45) is 0 Å². The van der Waals surface area contributed by atoms with Crippen molar-refractivity contribution in [3.05, 3.63) is 34.3 Å². The average molecular weight is 328 g/mol. The second-order valence-electron chi connectivity index (χ2n) is 4.63. The molecular weight excluding hydrogens is 310 g/mol. The number of benzene rings is 1. The van der Waals surface area contributed by atoms with Crippen LogP contribution in [0.3, 0.4) is 0 Å². The molecule has 4 nitrogen and oxygen atoms in total. The zero-order valence-corrected chi connectivity index (χ0v) is 12.3. The summed E-state index contributed by atoms with van der Waals surface area (Å²) in [6.45, 7) is 2.74. The quantitative estimate of drug-likeness (QED) is 0.836. The summed E-state index contributed by atoms with van der Waals surface area (Å²) in [4.78, 5) is 14.2. The number of nitrogens with zero attached hydrogens (tertiary/aromatic N) is 1. The van der Waals surface area contributed by atoms with Crippen LogP contribution < -0.4 is 0 Å². The second kappa shape index (κ2) is 7.14. The standard InChI is InChI=1S/C14H18BrNO3/c15-12-3-1-11(2-4-12)14(18)5-6-16-7-8-19-10-13(16)9-17/h1-4,13,17H,5-10H2. The molecule has 0 aromatic heterocycles. The fourth-order valence-corrected chi connectivity index (χ4v) is 2.44. The Bertz CT molecular complexity index is 421. The van der Waals surface area contributed by atoms with Gasteiger partial charge >= 0.3 is 0 Å². The lowest BCUT2D eigenvalue weighted by Gasteiger charge is -2.34. The summed E-state index contributed by atoms with van der Waals surface area (Å²) in [5.41, 5.74) is 0.733. The van der Waals surface area contributed by atoms with Crippen LogP contribution in [0.1, 0.15) is 16.8 Å². The number of carbonyl (C=O) groups is 1. The number of ether oxygens (including phenoxy) is 1. The topological polar surface area (TPSA) is 49.8 Å². The molecule has 5 heteroatoms. The fraction of sp³-hybridized carbons (Fsp3) is 0.500. The van der Waals surface area contributed by atoms with Gasteiger partial charge in [-0.15, -0.1) is 0 Å². The Labute approximate surface area is 121 Å². The van der Waals surface area contributed by atoms with Crippen molar-refractivity contribution in [3.8, 4) is 0 Å². The van der Waals surface area contributed by atoms with E-state index in [-0.39, 0.29) is 18.4 Å². The summed E-state index contributed by atoms with van der Waals surface area (Å²) in [7, 11) is 0. The fourth-order valence-electron chi connectivity index (χ4n) is 2.18. The largest absolute Gasteiger partial charge is 0.395 e. The first-order chi connectivity index (χ1) is 9.20. The number of rotatable bonds is 5. The average Bonchev–Trinajstić information content (AvgIpc) is 2.45. The number of halogens is 1. The molecule has 2 rings (SSSR count). The smallest absolute Gasteiger partial charge is 0.164 e. The van der Waals surface area contributed by atoms with E-state index in [1.807, 2.05) is 24.3 Å². The van der Waals surface area contributed by atoms with Gasteiger partial charge in [0.05, 0.1) is 25.9 Å². The summed E-state index contributed by atoms with van der Waals surface area (Å²) in [5, 5.41) is 9.26. The molecule has 1 aromatic carbocycles. The Morgan fingerprint density at radius 1 is 1.42 bits per heavy atom. The third-order valence-corrected chi connectivity index (χ3v) is 3.88. The van der Waals surface area contributed by atoms with Crippen LogP contribution in [-0.4, -0.2) is 54.7 Å². The lowest BCUT2D eigenvalue weighted by molar-refractivity contribution is -0.0270. The highest BCUT2D eigenvalue weighted by Crippen LogP contribution is 2.13. The van der Waals surface area contributed by atoms with Crippen molar-refractivity contribution in [2.45, 2.75) is 12.5 Å². The highest BCUT2D eigenvalue weighted by molar-refractivity contribution is 9.10. The normalized spacial score (nSPS) is 20.4. The van der Waals surface area contributed by atoms with E-state index in [0.717, 1.165) is 16.6 Å². The molecular formula is C14H18BrNO3. The monoisotopic (exact) mass is 327 g/mol. The summed E-state index contributed by atoms with van der Waals surface area (Å²) in [5.74, 6) is 0.135. The van der Waals surface area contributed by atoms with E-state index in [2.05, 4.69) is 20.8 Å². The van der Waals surface area contributed by atoms with Crippen LogP contribution in [0.15, 0.2) is 28.7 Å². The van der Waals surface area contributed by atoms with E-state index in [1.54, 1.807) is 0 Å². The first-order valence-corrected chi connectivity index (χ1v) is 7.21. The van der Waals surface area contributed by atoms with Crippen LogP contribution in [0.25, 0.3) is 0 Å². The molecule has 19 heavy (non-hydrogen) atoms. The molecule has 0 bridgehead atoms. The van der Waals surface area contributed by atoms with E-state index in [0.29, 0.717) is 26.2 Å². The van der Waals surface area contributed by atoms with Crippen LogP contribution in [0.2, 0.25) is 0 Å². The van der Waals surface area contributed by atoms with Crippen molar-refractivity contribution in [1.29, 1.82) is 0 Å². The highest BCUT2D eigenvalue weighted by Gasteiger charge is 2.22. The molecule has 0 aliphatic carbocycles. The Morgan fingerprint density at radius 3 is 2.84 bits per heavy atom. The minimum atomic E-state index is 0.0199. The number of morpholine rings is 1. The van der Waals surface area contributed by atoms with Crippen molar-refractivity contribution in [1.82, 2.24) is 4.90 Å². The minimum absolute atomic E-state index is 0.0199. The molecule has 1 aliphatic rings. The molecule has 1 unspecified atom stereocenters. The van der Waals surface area contributed by atoms with Gasteiger partial charge in [0.25, 0.3) is 0 Å². The van der Waals surface area contributed by atoms with Gasteiger partial charge in [0.1, 0.15) is 0 Å². The van der Waals surface area contributed by atoms with Crippen molar-refractivity contribution in [2.75, 3.05) is 32.9 Å². The van der Waals surface area contributed by atoms with Crippen molar-refractivity contribution < 1.29 is 14.6 Å². The van der Waals surface area contributed by atoms with E-state index in [1.165, 1.54) is 0 Å². The predicted octanol–water partition coefficient (Wildman–Crippen LogP) is 1.71. The molecule has 1 fully saturated rings. The lowest BCUT2D eigenvalue weighted by atomic mass is 10.1. The maximum absolute atomic E-state index is 12.1. The van der Waals surface area contributed by atoms with Gasteiger partial charge in [-0.05, 0) is 12.1 Å². The Hall–Kier alpha value is -0.750. The molecule has 1 aromatic rings. The van der Waals surface area contributed by atoms with Crippen LogP contribution in [0, 0.1) is 0 Å². The molecule has 0 radical (unpaired) electrons. The van der Waals surface area contributed by atoms with Gasteiger partial charge in [-0.3, -0.25) is 9.69 Å². The third-order valence-electron chi connectivity index (χ3n) is 3.35. The molecule has 1 saturated heterocycles. The third kappa shape index (κ3) is 4.11. The number of aliphatic hydroxyl groups excluding tert-OH is 1. The number of hydrogen-bond acceptors (Lipinski definition) is 4. The molecule has 1 heterocycles. The number of aliphatic hydroxyl groups is 1. The number of ketones is 1. The van der Waals surface area contributed by atoms with Crippen LogP contribution >= 0.6 is 15.9 Å². The van der Waals surface area contributed by atoms with E-state index in [9.17, 15) is 9.90 Å². The van der Waals surface area contributed by atoms with Gasteiger partial charge in [-0.1, -0.05) is 28.1 Å². The van der Waals surface area contributed by atoms with Gasteiger partial charge < -0.3 is 9.84 Å². The second-order valence-corrected chi connectivity index (χ2v) is 5.54. The summed E-state index contributed by atoms with van der Waals surface area (Å²) >= 11 is 3.35. The van der Waals surface area contributed by atoms with Crippen molar-refractivity contribution >= 4 is 21.7 Å². The lowest BCUT2D eigenvalue weighted by Crippen LogP contribution is -2.48. The Balaban J connectivity index is 1.87. The molecule has 0 saturated carbocycles. The first-order valence-electron chi connectivity index (χ1n) is 6.42. The zero-order chi connectivity index (χ0) is 13.7. The predicted molar refractivity (Wildman–Crippen MR) is 76.4 cm³/mol. The zero-order valence-electron chi connectivity index (χ0n) is 10.7.